The molecule has 3 nitrogen and oxygen atoms in total. The van der Waals surface area contributed by atoms with Gasteiger partial charge in [0.25, 0.3) is 0 Å². The van der Waals surface area contributed by atoms with Gasteiger partial charge in [-0.3, -0.25) is 4.98 Å². The van der Waals surface area contributed by atoms with Gasteiger partial charge < -0.3 is 11.1 Å². The molecule has 2 unspecified atom stereocenters. The molecule has 1 aliphatic carbocycles. The zero-order valence-corrected chi connectivity index (χ0v) is 12.2. The minimum Gasteiger partial charge on any atom is -0.381 e. The summed E-state index contributed by atoms with van der Waals surface area (Å²) in [4.78, 5) is 4.38. The van der Waals surface area contributed by atoms with E-state index in [0.717, 1.165) is 23.1 Å². The first-order valence-electron chi connectivity index (χ1n) is 7.29. The van der Waals surface area contributed by atoms with Crippen molar-refractivity contribution in [2.45, 2.75) is 31.7 Å². The van der Waals surface area contributed by atoms with Crippen LogP contribution in [0.15, 0.2) is 30.5 Å². The van der Waals surface area contributed by atoms with E-state index < -0.39 is 0 Å². The number of benzene rings is 1. The zero-order chi connectivity index (χ0) is 13.9. The number of nitrogens with zero attached hydrogens (tertiary/aromatic N) is 1. The SMILES string of the molecule is NCC1CCCCC1Nc1ccc(Cl)c2ncccc12. The van der Waals surface area contributed by atoms with Gasteiger partial charge in [0.05, 0.1) is 10.5 Å². The average Bonchev–Trinajstić information content (AvgIpc) is 2.51. The maximum absolute atomic E-state index is 6.22. The summed E-state index contributed by atoms with van der Waals surface area (Å²) in [5, 5.41) is 5.46. The lowest BCUT2D eigenvalue weighted by Gasteiger charge is -2.32. The summed E-state index contributed by atoms with van der Waals surface area (Å²) >= 11 is 6.22. The van der Waals surface area contributed by atoms with Crippen LogP contribution in [0, 0.1) is 5.92 Å². The Kier molecular flexibility index (Phi) is 4.08. The number of hydrogen-bond donors (Lipinski definition) is 2. The van der Waals surface area contributed by atoms with Crippen LogP contribution in [0.1, 0.15) is 25.7 Å². The largest absolute Gasteiger partial charge is 0.381 e. The minimum absolute atomic E-state index is 0.457. The third-order valence-corrected chi connectivity index (χ3v) is 4.58. The van der Waals surface area contributed by atoms with Crippen molar-refractivity contribution in [3.63, 3.8) is 0 Å². The van der Waals surface area contributed by atoms with Gasteiger partial charge in [-0.15, -0.1) is 0 Å². The van der Waals surface area contributed by atoms with E-state index in [9.17, 15) is 0 Å². The predicted molar refractivity (Wildman–Crippen MR) is 85.2 cm³/mol. The van der Waals surface area contributed by atoms with Crippen LogP contribution in [-0.2, 0) is 0 Å². The van der Waals surface area contributed by atoms with Crippen LogP contribution < -0.4 is 11.1 Å². The highest BCUT2D eigenvalue weighted by atomic mass is 35.5. The van der Waals surface area contributed by atoms with Crippen LogP contribution in [0.25, 0.3) is 10.9 Å². The van der Waals surface area contributed by atoms with Crippen molar-refractivity contribution in [2.75, 3.05) is 11.9 Å². The summed E-state index contributed by atoms with van der Waals surface area (Å²) < 4.78 is 0. The molecule has 20 heavy (non-hydrogen) atoms. The molecule has 0 spiro atoms. The summed E-state index contributed by atoms with van der Waals surface area (Å²) in [5.41, 5.74) is 7.88. The van der Waals surface area contributed by atoms with E-state index >= 15 is 0 Å². The quantitative estimate of drug-likeness (QED) is 0.903. The Balaban J connectivity index is 1.92. The van der Waals surface area contributed by atoms with Crippen molar-refractivity contribution in [1.29, 1.82) is 0 Å². The summed E-state index contributed by atoms with van der Waals surface area (Å²) in [6.07, 6.45) is 6.76. The molecular weight excluding hydrogens is 270 g/mol. The smallest absolute Gasteiger partial charge is 0.0908 e. The molecular formula is C16H20ClN3. The molecule has 1 heterocycles. The summed E-state index contributed by atoms with van der Waals surface area (Å²) in [7, 11) is 0. The monoisotopic (exact) mass is 289 g/mol. The van der Waals surface area contributed by atoms with Crippen molar-refractivity contribution < 1.29 is 0 Å². The van der Waals surface area contributed by atoms with Gasteiger partial charge in [-0.05, 0) is 49.6 Å². The second kappa shape index (κ2) is 5.98. The summed E-state index contributed by atoms with van der Waals surface area (Å²) in [5.74, 6) is 0.561. The molecule has 3 N–H and O–H groups in total. The van der Waals surface area contributed by atoms with Crippen LogP contribution in [0.5, 0.6) is 0 Å². The second-order valence-corrected chi connectivity index (χ2v) is 5.93. The van der Waals surface area contributed by atoms with E-state index in [2.05, 4.69) is 22.4 Å². The van der Waals surface area contributed by atoms with Crippen molar-refractivity contribution in [3.8, 4) is 0 Å². The van der Waals surface area contributed by atoms with E-state index in [1.54, 1.807) is 6.20 Å². The predicted octanol–water partition coefficient (Wildman–Crippen LogP) is 3.82. The highest BCUT2D eigenvalue weighted by Crippen LogP contribution is 2.32. The zero-order valence-electron chi connectivity index (χ0n) is 11.5. The van der Waals surface area contributed by atoms with Crippen molar-refractivity contribution >= 4 is 28.2 Å². The fraction of sp³-hybridized carbons (Fsp3) is 0.438. The molecule has 1 aromatic carbocycles. The fourth-order valence-electron chi connectivity index (χ4n) is 3.14. The Labute approximate surface area is 124 Å². The Bertz CT molecular complexity index is 599. The van der Waals surface area contributed by atoms with E-state index in [0.29, 0.717) is 17.0 Å². The van der Waals surface area contributed by atoms with Crippen LogP contribution in [0.3, 0.4) is 0 Å². The number of rotatable bonds is 3. The molecule has 3 rings (SSSR count). The molecule has 1 aliphatic rings. The number of aromatic nitrogens is 1. The maximum Gasteiger partial charge on any atom is 0.0908 e. The van der Waals surface area contributed by atoms with Crippen LogP contribution in [-0.4, -0.2) is 17.6 Å². The first-order valence-corrected chi connectivity index (χ1v) is 7.67. The standard InChI is InChI=1S/C16H20ClN3/c17-13-7-8-15(12-5-3-9-19-16(12)13)20-14-6-2-1-4-11(14)10-18/h3,5,7-9,11,14,20H,1-2,4,6,10,18H2. The Morgan fingerprint density at radius 3 is 2.95 bits per heavy atom. The number of anilines is 1. The topological polar surface area (TPSA) is 50.9 Å². The summed E-state index contributed by atoms with van der Waals surface area (Å²) in [6.45, 7) is 0.751. The van der Waals surface area contributed by atoms with Crippen LogP contribution in [0.2, 0.25) is 5.02 Å². The van der Waals surface area contributed by atoms with Gasteiger partial charge in [0.1, 0.15) is 0 Å². The molecule has 1 saturated carbocycles. The number of hydrogen-bond acceptors (Lipinski definition) is 3. The Hall–Kier alpha value is -1.32. The van der Waals surface area contributed by atoms with Gasteiger partial charge in [-0.25, -0.2) is 0 Å². The molecule has 1 aromatic heterocycles. The van der Waals surface area contributed by atoms with E-state index in [4.69, 9.17) is 17.3 Å². The number of halogens is 1. The minimum atomic E-state index is 0.457. The molecule has 0 saturated heterocycles. The van der Waals surface area contributed by atoms with E-state index in [1.807, 2.05) is 12.1 Å². The lowest BCUT2D eigenvalue weighted by molar-refractivity contribution is 0.333. The van der Waals surface area contributed by atoms with Crippen LogP contribution in [0.4, 0.5) is 5.69 Å². The molecule has 4 heteroatoms. The van der Waals surface area contributed by atoms with Crippen molar-refractivity contribution in [1.82, 2.24) is 4.98 Å². The van der Waals surface area contributed by atoms with Gasteiger partial charge in [0.2, 0.25) is 0 Å². The first-order chi connectivity index (χ1) is 9.79. The molecule has 106 valence electrons. The average molecular weight is 290 g/mol. The molecule has 0 aliphatic heterocycles. The molecule has 0 bridgehead atoms. The van der Waals surface area contributed by atoms with Crippen LogP contribution >= 0.6 is 11.6 Å². The van der Waals surface area contributed by atoms with Gasteiger partial charge in [0.15, 0.2) is 0 Å². The normalized spacial score (nSPS) is 22.9. The third kappa shape index (κ3) is 2.60. The second-order valence-electron chi connectivity index (χ2n) is 5.53. The lowest BCUT2D eigenvalue weighted by atomic mass is 9.84. The Morgan fingerprint density at radius 1 is 1.25 bits per heavy atom. The van der Waals surface area contributed by atoms with Gasteiger partial charge in [-0.1, -0.05) is 24.4 Å². The van der Waals surface area contributed by atoms with Crippen molar-refractivity contribution in [2.24, 2.45) is 11.7 Å². The molecule has 1 fully saturated rings. The lowest BCUT2D eigenvalue weighted by Crippen LogP contribution is -2.36. The fourth-order valence-corrected chi connectivity index (χ4v) is 3.36. The number of nitrogens with two attached hydrogens (primary N) is 1. The summed E-state index contributed by atoms with van der Waals surface area (Å²) in [6, 6.07) is 8.44. The molecule has 0 radical (unpaired) electrons. The number of fused-ring (bicyclic) bond motifs is 1. The number of nitrogens with one attached hydrogen (secondary N) is 1. The highest BCUT2D eigenvalue weighted by molar-refractivity contribution is 6.35. The van der Waals surface area contributed by atoms with E-state index in [-0.39, 0.29) is 0 Å². The van der Waals surface area contributed by atoms with Crippen molar-refractivity contribution in [3.05, 3.63) is 35.5 Å². The van der Waals surface area contributed by atoms with Gasteiger partial charge in [0, 0.05) is 23.3 Å². The van der Waals surface area contributed by atoms with Gasteiger partial charge >= 0.3 is 0 Å². The molecule has 0 amide bonds. The molecule has 2 atom stereocenters. The number of pyridine rings is 1. The van der Waals surface area contributed by atoms with E-state index in [1.165, 1.54) is 25.7 Å². The molecule has 2 aromatic rings. The van der Waals surface area contributed by atoms with Gasteiger partial charge in [-0.2, -0.15) is 0 Å². The maximum atomic E-state index is 6.22. The highest BCUT2D eigenvalue weighted by Gasteiger charge is 2.24. The third-order valence-electron chi connectivity index (χ3n) is 4.27. The first kappa shape index (κ1) is 13.7. The Morgan fingerprint density at radius 2 is 2.10 bits per heavy atom.